The maximum atomic E-state index is 12.2. The van der Waals surface area contributed by atoms with Crippen LogP contribution in [0.1, 0.15) is 58.8 Å². The minimum atomic E-state index is -1.82. The number of benzene rings is 1. The third-order valence-corrected chi connectivity index (χ3v) is 8.41. The smallest absolute Gasteiger partial charge is 0.330 e. The highest BCUT2D eigenvalue weighted by Crippen LogP contribution is 2.22. The summed E-state index contributed by atoms with van der Waals surface area (Å²) in [5.41, 5.74) is 0. The van der Waals surface area contributed by atoms with Gasteiger partial charge in [0, 0.05) is 6.08 Å². The topological polar surface area (TPSA) is 26.3 Å². The predicted octanol–water partition coefficient (Wildman–Crippen LogP) is 5.38. The number of rotatable bonds is 11. The Morgan fingerprint density at radius 3 is 2.29 bits per heavy atom. The van der Waals surface area contributed by atoms with Gasteiger partial charge in [-0.2, -0.15) is 0 Å². The molecule has 0 aromatic heterocycles. The Kier molecular flexibility index (Phi) is 9.69. The molecule has 1 aromatic rings. The molecule has 0 heterocycles. The van der Waals surface area contributed by atoms with Gasteiger partial charge in [-0.3, -0.25) is 0 Å². The van der Waals surface area contributed by atoms with Crippen LogP contribution in [0.15, 0.2) is 41.6 Å². The molecule has 3 heteroatoms. The first-order valence-corrected chi connectivity index (χ1v) is 12.5. The van der Waals surface area contributed by atoms with Crippen LogP contribution in [-0.2, 0) is 9.53 Å². The lowest BCUT2D eigenvalue weighted by atomic mass is 10.1. The van der Waals surface area contributed by atoms with E-state index in [1.165, 1.54) is 29.6 Å². The zero-order valence-corrected chi connectivity index (χ0v) is 16.9. The van der Waals surface area contributed by atoms with Gasteiger partial charge in [-0.25, -0.2) is 4.79 Å². The largest absolute Gasteiger partial charge is 0.463 e. The molecule has 0 aliphatic carbocycles. The molecule has 0 aliphatic rings. The lowest BCUT2D eigenvalue weighted by Gasteiger charge is -2.27. The van der Waals surface area contributed by atoms with Crippen LogP contribution < -0.4 is 5.19 Å². The van der Waals surface area contributed by atoms with Gasteiger partial charge >= 0.3 is 5.97 Å². The second-order valence-corrected chi connectivity index (χ2v) is 11.5. The first-order valence-electron chi connectivity index (χ1n) is 9.45. The molecule has 0 fully saturated rings. The Morgan fingerprint density at radius 1 is 1.00 bits per heavy atom. The van der Waals surface area contributed by atoms with Crippen molar-refractivity contribution in [1.82, 2.24) is 0 Å². The van der Waals surface area contributed by atoms with E-state index in [2.05, 4.69) is 57.3 Å². The highest BCUT2D eigenvalue weighted by atomic mass is 28.3. The maximum absolute atomic E-state index is 12.2. The standard InChI is InChI=1S/C21H34O2Si/c1-5-7-9-11-16-20(18-21(22)23-17-8-6-2)24(3,4)19-14-12-10-13-15-19/h10,12-15,18H,5-9,11,16-17H2,1-4H3/b20-18+. The molecular formula is C21H34O2Si. The fourth-order valence-electron chi connectivity index (χ4n) is 2.85. The van der Waals surface area contributed by atoms with Crippen LogP contribution in [0.5, 0.6) is 0 Å². The molecular weight excluding hydrogens is 312 g/mol. The molecule has 134 valence electrons. The van der Waals surface area contributed by atoms with Crippen molar-refractivity contribution in [2.45, 2.75) is 71.9 Å². The minimum absolute atomic E-state index is 0.162. The van der Waals surface area contributed by atoms with E-state index in [0.29, 0.717) is 6.61 Å². The van der Waals surface area contributed by atoms with Crippen molar-refractivity contribution >= 4 is 19.2 Å². The number of carbonyl (C=O) groups excluding carboxylic acids is 1. The van der Waals surface area contributed by atoms with E-state index in [4.69, 9.17) is 4.74 Å². The van der Waals surface area contributed by atoms with E-state index >= 15 is 0 Å². The first-order chi connectivity index (χ1) is 11.5. The second kappa shape index (κ2) is 11.2. The van der Waals surface area contributed by atoms with Crippen molar-refractivity contribution in [1.29, 1.82) is 0 Å². The Morgan fingerprint density at radius 2 is 1.67 bits per heavy atom. The van der Waals surface area contributed by atoms with Crippen molar-refractivity contribution in [3.8, 4) is 0 Å². The lowest BCUT2D eigenvalue weighted by molar-refractivity contribution is -0.137. The van der Waals surface area contributed by atoms with Gasteiger partial charge in [-0.05, 0) is 19.3 Å². The predicted molar refractivity (Wildman–Crippen MR) is 106 cm³/mol. The molecule has 0 saturated heterocycles. The normalized spacial score (nSPS) is 12.2. The summed E-state index contributed by atoms with van der Waals surface area (Å²) in [6, 6.07) is 10.7. The number of unbranched alkanes of at least 4 members (excludes halogenated alkanes) is 4. The third-order valence-electron chi connectivity index (χ3n) is 4.63. The zero-order chi connectivity index (χ0) is 17.8. The number of carbonyl (C=O) groups is 1. The number of ether oxygens (including phenoxy) is 1. The van der Waals surface area contributed by atoms with Crippen LogP contribution in [0.4, 0.5) is 0 Å². The van der Waals surface area contributed by atoms with E-state index in [0.717, 1.165) is 25.7 Å². The highest BCUT2D eigenvalue weighted by molar-refractivity contribution is 6.95. The summed E-state index contributed by atoms with van der Waals surface area (Å²) >= 11 is 0. The van der Waals surface area contributed by atoms with Gasteiger partial charge in [0.1, 0.15) is 8.07 Å². The average Bonchev–Trinajstić information content (AvgIpc) is 2.58. The molecule has 0 spiro atoms. The van der Waals surface area contributed by atoms with E-state index < -0.39 is 8.07 Å². The summed E-state index contributed by atoms with van der Waals surface area (Å²) in [5, 5.41) is 2.69. The van der Waals surface area contributed by atoms with Gasteiger partial charge in [0.05, 0.1) is 6.61 Å². The molecule has 0 aliphatic heterocycles. The van der Waals surface area contributed by atoms with Crippen molar-refractivity contribution < 1.29 is 9.53 Å². The zero-order valence-electron chi connectivity index (χ0n) is 15.9. The highest BCUT2D eigenvalue weighted by Gasteiger charge is 2.28. The second-order valence-electron chi connectivity index (χ2n) is 6.99. The number of allylic oxidation sites excluding steroid dienone is 1. The van der Waals surface area contributed by atoms with Crippen LogP contribution in [-0.4, -0.2) is 20.7 Å². The van der Waals surface area contributed by atoms with Gasteiger partial charge < -0.3 is 4.74 Å². The van der Waals surface area contributed by atoms with E-state index in [1.54, 1.807) is 6.08 Å². The monoisotopic (exact) mass is 346 g/mol. The van der Waals surface area contributed by atoms with Crippen molar-refractivity contribution in [2.75, 3.05) is 6.61 Å². The molecule has 0 bridgehead atoms. The van der Waals surface area contributed by atoms with Crippen LogP contribution in [0.2, 0.25) is 13.1 Å². The van der Waals surface area contributed by atoms with Crippen LogP contribution in [0.25, 0.3) is 0 Å². The Balaban J connectivity index is 2.89. The van der Waals surface area contributed by atoms with Gasteiger partial charge in [-0.15, -0.1) is 0 Å². The van der Waals surface area contributed by atoms with E-state index in [9.17, 15) is 4.79 Å². The number of esters is 1. The van der Waals surface area contributed by atoms with Crippen LogP contribution >= 0.6 is 0 Å². The molecule has 24 heavy (non-hydrogen) atoms. The van der Waals surface area contributed by atoms with Crippen molar-refractivity contribution in [3.05, 3.63) is 41.6 Å². The molecule has 0 N–H and O–H groups in total. The maximum Gasteiger partial charge on any atom is 0.330 e. The SMILES string of the molecule is CCCCCC/C(=C\C(=O)OCCCC)[Si](C)(C)c1ccccc1. The van der Waals surface area contributed by atoms with E-state index in [-0.39, 0.29) is 5.97 Å². The summed E-state index contributed by atoms with van der Waals surface area (Å²) in [5.74, 6) is -0.162. The summed E-state index contributed by atoms with van der Waals surface area (Å²) in [6.07, 6.45) is 9.69. The summed E-state index contributed by atoms with van der Waals surface area (Å²) in [6.45, 7) is 9.54. The van der Waals surface area contributed by atoms with Crippen molar-refractivity contribution in [2.24, 2.45) is 0 Å². The fraction of sp³-hybridized carbons (Fsp3) is 0.571. The summed E-state index contributed by atoms with van der Waals surface area (Å²) in [4.78, 5) is 12.2. The van der Waals surface area contributed by atoms with Gasteiger partial charge in [0.2, 0.25) is 0 Å². The Labute approximate surface area is 149 Å². The molecule has 1 rings (SSSR count). The molecule has 2 nitrogen and oxygen atoms in total. The van der Waals surface area contributed by atoms with Gasteiger partial charge in [0.25, 0.3) is 0 Å². The first kappa shape index (κ1) is 20.7. The van der Waals surface area contributed by atoms with Gasteiger partial charge in [-0.1, -0.05) is 93.3 Å². The Hall–Kier alpha value is -1.35. The number of hydrogen-bond acceptors (Lipinski definition) is 2. The van der Waals surface area contributed by atoms with E-state index in [1.807, 2.05) is 0 Å². The third kappa shape index (κ3) is 7.04. The van der Waals surface area contributed by atoms with Crippen molar-refractivity contribution in [3.63, 3.8) is 0 Å². The van der Waals surface area contributed by atoms with Crippen LogP contribution in [0.3, 0.4) is 0 Å². The van der Waals surface area contributed by atoms with Crippen LogP contribution in [0, 0.1) is 0 Å². The fourth-order valence-corrected chi connectivity index (χ4v) is 5.53. The Bertz CT molecular complexity index is 506. The quantitative estimate of drug-likeness (QED) is 0.233. The summed E-state index contributed by atoms with van der Waals surface area (Å²) < 4.78 is 5.38. The lowest BCUT2D eigenvalue weighted by Crippen LogP contribution is -2.44. The molecule has 0 unspecified atom stereocenters. The summed E-state index contributed by atoms with van der Waals surface area (Å²) in [7, 11) is -1.82. The molecule has 0 atom stereocenters. The average molecular weight is 347 g/mol. The molecule has 1 aromatic carbocycles. The number of hydrogen-bond donors (Lipinski definition) is 0. The molecule has 0 radical (unpaired) electrons. The van der Waals surface area contributed by atoms with Gasteiger partial charge in [0.15, 0.2) is 0 Å². The molecule has 0 saturated carbocycles. The molecule has 0 amide bonds. The minimum Gasteiger partial charge on any atom is -0.463 e.